The van der Waals surface area contributed by atoms with Crippen LogP contribution < -0.4 is 0 Å². The zero-order valence-electron chi connectivity index (χ0n) is 13.5. The Hall–Kier alpha value is -1.83. The molecule has 2 aromatic heterocycles. The fraction of sp³-hybridized carbons (Fsp3) is 0.167. The van der Waals surface area contributed by atoms with Gasteiger partial charge in [0.05, 0.1) is 20.6 Å². The van der Waals surface area contributed by atoms with E-state index in [0.717, 1.165) is 32.1 Å². The molecule has 4 nitrogen and oxygen atoms in total. The van der Waals surface area contributed by atoms with E-state index >= 15 is 0 Å². The highest BCUT2D eigenvalue weighted by Gasteiger charge is 2.20. The SMILES string of the molecule is CCCSc1nc2ccc3c(ccn3S(=O)(=O)c3ccccc3)c2s1. The molecule has 0 aliphatic carbocycles. The second-order valence-electron chi connectivity index (χ2n) is 5.60. The Morgan fingerprint density at radius 1 is 1.12 bits per heavy atom. The van der Waals surface area contributed by atoms with Crippen LogP contribution in [0.2, 0.25) is 0 Å². The number of benzene rings is 2. The predicted octanol–water partition coefficient (Wildman–Crippen LogP) is 4.99. The van der Waals surface area contributed by atoms with Crippen LogP contribution in [0.5, 0.6) is 0 Å². The number of rotatable bonds is 5. The van der Waals surface area contributed by atoms with E-state index in [9.17, 15) is 8.42 Å². The van der Waals surface area contributed by atoms with E-state index < -0.39 is 10.0 Å². The maximum Gasteiger partial charge on any atom is 0.268 e. The summed E-state index contributed by atoms with van der Waals surface area (Å²) >= 11 is 3.38. The van der Waals surface area contributed by atoms with Crippen molar-refractivity contribution in [2.24, 2.45) is 0 Å². The molecule has 0 atom stereocenters. The van der Waals surface area contributed by atoms with Crippen LogP contribution in [0.3, 0.4) is 0 Å². The van der Waals surface area contributed by atoms with Gasteiger partial charge in [-0.15, -0.1) is 11.3 Å². The topological polar surface area (TPSA) is 52.0 Å². The van der Waals surface area contributed by atoms with Crippen LogP contribution in [0.1, 0.15) is 13.3 Å². The van der Waals surface area contributed by atoms with Crippen LogP contribution in [0.4, 0.5) is 0 Å². The highest BCUT2D eigenvalue weighted by molar-refractivity contribution is 8.01. The van der Waals surface area contributed by atoms with Gasteiger partial charge in [-0.25, -0.2) is 17.4 Å². The summed E-state index contributed by atoms with van der Waals surface area (Å²) < 4.78 is 29.3. The minimum Gasteiger partial charge on any atom is -0.241 e. The molecule has 0 saturated carbocycles. The van der Waals surface area contributed by atoms with Gasteiger partial charge in [-0.2, -0.15) is 0 Å². The molecule has 0 amide bonds. The number of nitrogens with zero attached hydrogens (tertiary/aromatic N) is 2. The first kappa shape index (κ1) is 16.6. The number of thioether (sulfide) groups is 1. The lowest BCUT2D eigenvalue weighted by Crippen LogP contribution is -2.11. The van der Waals surface area contributed by atoms with E-state index in [1.54, 1.807) is 53.6 Å². The van der Waals surface area contributed by atoms with Gasteiger partial charge in [0.15, 0.2) is 4.34 Å². The van der Waals surface area contributed by atoms with Gasteiger partial charge in [0.1, 0.15) is 0 Å². The monoisotopic (exact) mass is 388 g/mol. The summed E-state index contributed by atoms with van der Waals surface area (Å²) in [5, 5.41) is 0.929. The third-order valence-electron chi connectivity index (χ3n) is 3.90. The molecule has 2 aromatic carbocycles. The standard InChI is InChI=1S/C18H16N2O2S3/c1-2-12-23-18-19-15-8-9-16-14(17(15)24-18)10-11-20(16)25(21,22)13-6-4-3-5-7-13/h3-11H,2,12H2,1H3. The summed E-state index contributed by atoms with van der Waals surface area (Å²) in [7, 11) is -3.60. The zero-order valence-corrected chi connectivity index (χ0v) is 16.0. The van der Waals surface area contributed by atoms with Gasteiger partial charge < -0.3 is 0 Å². The molecule has 4 aromatic rings. The maximum absolute atomic E-state index is 12.9. The Kier molecular flexibility index (Phi) is 4.31. The molecule has 0 N–H and O–H groups in total. The van der Waals surface area contributed by atoms with Crippen molar-refractivity contribution in [3.05, 3.63) is 54.7 Å². The first-order valence-electron chi connectivity index (χ1n) is 7.95. The van der Waals surface area contributed by atoms with E-state index in [1.165, 1.54) is 3.97 Å². The highest BCUT2D eigenvalue weighted by atomic mass is 32.2. The van der Waals surface area contributed by atoms with Gasteiger partial charge in [-0.3, -0.25) is 0 Å². The fourth-order valence-electron chi connectivity index (χ4n) is 2.72. The molecule has 0 radical (unpaired) electrons. The lowest BCUT2D eigenvalue weighted by atomic mass is 10.2. The summed E-state index contributed by atoms with van der Waals surface area (Å²) in [5.41, 5.74) is 1.61. The zero-order chi connectivity index (χ0) is 17.4. The number of hydrogen-bond donors (Lipinski definition) is 0. The molecule has 128 valence electrons. The van der Waals surface area contributed by atoms with Crippen molar-refractivity contribution < 1.29 is 8.42 Å². The fourth-order valence-corrected chi connectivity index (χ4v) is 6.19. The summed E-state index contributed by atoms with van der Waals surface area (Å²) in [6.45, 7) is 2.15. The predicted molar refractivity (Wildman–Crippen MR) is 105 cm³/mol. The van der Waals surface area contributed by atoms with Crippen molar-refractivity contribution in [2.45, 2.75) is 22.6 Å². The Morgan fingerprint density at radius 3 is 2.68 bits per heavy atom. The molecular weight excluding hydrogens is 372 g/mol. The van der Waals surface area contributed by atoms with Crippen molar-refractivity contribution >= 4 is 54.2 Å². The van der Waals surface area contributed by atoms with E-state index in [0.29, 0.717) is 5.52 Å². The third-order valence-corrected chi connectivity index (χ3v) is 8.05. The van der Waals surface area contributed by atoms with Gasteiger partial charge in [-0.1, -0.05) is 36.9 Å². The molecule has 25 heavy (non-hydrogen) atoms. The van der Waals surface area contributed by atoms with Crippen molar-refractivity contribution in [3.8, 4) is 0 Å². The molecule has 0 aliphatic heterocycles. The molecule has 0 saturated heterocycles. The highest BCUT2D eigenvalue weighted by Crippen LogP contribution is 2.36. The Bertz CT molecular complexity index is 1150. The average Bonchev–Trinajstić information content (AvgIpc) is 3.24. The molecule has 0 aliphatic rings. The lowest BCUT2D eigenvalue weighted by molar-refractivity contribution is 0.589. The van der Waals surface area contributed by atoms with E-state index in [4.69, 9.17) is 0 Å². The number of hydrogen-bond acceptors (Lipinski definition) is 5. The number of fused-ring (bicyclic) bond motifs is 3. The molecular formula is C18H16N2O2S3. The van der Waals surface area contributed by atoms with Crippen molar-refractivity contribution in [1.82, 2.24) is 8.96 Å². The van der Waals surface area contributed by atoms with Crippen LogP contribution in [0.25, 0.3) is 21.1 Å². The van der Waals surface area contributed by atoms with Crippen molar-refractivity contribution in [3.63, 3.8) is 0 Å². The van der Waals surface area contributed by atoms with Crippen LogP contribution in [0.15, 0.2) is 64.0 Å². The molecule has 0 fully saturated rings. The van der Waals surface area contributed by atoms with Crippen LogP contribution in [-0.2, 0) is 10.0 Å². The first-order valence-corrected chi connectivity index (χ1v) is 11.2. The molecule has 0 bridgehead atoms. The molecule has 0 spiro atoms. The van der Waals surface area contributed by atoms with Gasteiger partial charge in [0, 0.05) is 17.3 Å². The van der Waals surface area contributed by atoms with E-state index in [1.807, 2.05) is 24.3 Å². The first-order chi connectivity index (χ1) is 12.1. The summed E-state index contributed by atoms with van der Waals surface area (Å²) in [5.74, 6) is 1.03. The van der Waals surface area contributed by atoms with E-state index in [-0.39, 0.29) is 4.90 Å². The quantitative estimate of drug-likeness (QED) is 0.452. The van der Waals surface area contributed by atoms with Crippen molar-refractivity contribution in [1.29, 1.82) is 0 Å². The molecule has 2 heterocycles. The second kappa shape index (κ2) is 6.48. The van der Waals surface area contributed by atoms with Crippen LogP contribution >= 0.6 is 23.1 Å². The van der Waals surface area contributed by atoms with Crippen LogP contribution in [-0.4, -0.2) is 23.1 Å². The summed E-state index contributed by atoms with van der Waals surface area (Å²) in [6.07, 6.45) is 2.73. The minimum atomic E-state index is -3.60. The largest absolute Gasteiger partial charge is 0.268 e. The molecule has 4 rings (SSSR count). The lowest BCUT2D eigenvalue weighted by Gasteiger charge is -2.07. The van der Waals surface area contributed by atoms with Gasteiger partial charge in [0.2, 0.25) is 0 Å². The van der Waals surface area contributed by atoms with Gasteiger partial charge in [-0.05, 0) is 36.8 Å². The molecule has 0 unspecified atom stereocenters. The van der Waals surface area contributed by atoms with Crippen molar-refractivity contribution in [2.75, 3.05) is 5.75 Å². The Labute approximate surface area is 154 Å². The van der Waals surface area contributed by atoms with Crippen LogP contribution in [0, 0.1) is 0 Å². The maximum atomic E-state index is 12.9. The third kappa shape index (κ3) is 2.86. The smallest absolute Gasteiger partial charge is 0.241 e. The van der Waals surface area contributed by atoms with E-state index in [2.05, 4.69) is 11.9 Å². The number of aromatic nitrogens is 2. The summed E-state index contributed by atoms with van der Waals surface area (Å²) in [6, 6.07) is 14.1. The molecule has 7 heteroatoms. The second-order valence-corrected chi connectivity index (χ2v) is 9.76. The number of thiazole rings is 1. The summed E-state index contributed by atoms with van der Waals surface area (Å²) in [4.78, 5) is 4.94. The Morgan fingerprint density at radius 2 is 1.92 bits per heavy atom. The van der Waals surface area contributed by atoms with Gasteiger partial charge >= 0.3 is 0 Å². The minimum absolute atomic E-state index is 0.288. The Balaban J connectivity index is 1.87. The average molecular weight is 389 g/mol. The normalized spacial score (nSPS) is 12.2. The van der Waals surface area contributed by atoms with Gasteiger partial charge in [0.25, 0.3) is 10.0 Å².